The minimum Gasteiger partial charge on any atom is -0.481 e. The smallest absolute Gasteiger partial charge is 0.304 e. The van der Waals surface area contributed by atoms with Crippen LogP contribution in [0, 0.1) is 0 Å². The van der Waals surface area contributed by atoms with Gasteiger partial charge in [-0.05, 0) is 19.4 Å². The first-order chi connectivity index (χ1) is 5.70. The van der Waals surface area contributed by atoms with Crippen LogP contribution >= 0.6 is 0 Å². The van der Waals surface area contributed by atoms with E-state index < -0.39 is 5.97 Å². The van der Waals surface area contributed by atoms with Crippen molar-refractivity contribution in [3.8, 4) is 0 Å². The highest BCUT2D eigenvalue weighted by Crippen LogP contribution is 2.01. The second-order valence-corrected chi connectivity index (χ2v) is 3.04. The summed E-state index contributed by atoms with van der Waals surface area (Å²) in [6.45, 7) is 5.07. The summed E-state index contributed by atoms with van der Waals surface area (Å²) < 4.78 is 0. The maximum absolute atomic E-state index is 10.4. The molecule has 1 atom stereocenters. The van der Waals surface area contributed by atoms with Gasteiger partial charge in [-0.2, -0.15) is 0 Å². The van der Waals surface area contributed by atoms with Crippen LogP contribution in [0.1, 0.15) is 39.5 Å². The summed E-state index contributed by atoms with van der Waals surface area (Å²) in [6.07, 6.45) is 3.29. The number of carboxylic acid groups (broad SMARTS) is 1. The summed E-state index contributed by atoms with van der Waals surface area (Å²) in [5, 5.41) is 11.8. The highest BCUT2D eigenvalue weighted by Gasteiger charge is 2.10. The predicted molar refractivity (Wildman–Crippen MR) is 49.2 cm³/mol. The predicted octanol–water partition coefficient (Wildman–Crippen LogP) is 1.63. The summed E-state index contributed by atoms with van der Waals surface area (Å²) in [6, 6.07) is 0.160. The van der Waals surface area contributed by atoms with Crippen LogP contribution in [0.25, 0.3) is 0 Å². The molecule has 0 aromatic rings. The average Bonchev–Trinajstić information content (AvgIpc) is 2.00. The maximum Gasteiger partial charge on any atom is 0.304 e. The molecule has 0 bridgehead atoms. The van der Waals surface area contributed by atoms with E-state index in [0.29, 0.717) is 0 Å². The summed E-state index contributed by atoms with van der Waals surface area (Å²) in [7, 11) is 0. The number of nitrogens with one attached hydrogen (secondary N) is 1. The highest BCUT2D eigenvalue weighted by molar-refractivity contribution is 5.67. The Balaban J connectivity index is 3.61. The highest BCUT2D eigenvalue weighted by atomic mass is 16.4. The van der Waals surface area contributed by atoms with Crippen molar-refractivity contribution >= 4 is 5.97 Å². The number of carboxylic acids is 1. The molecule has 1 unspecified atom stereocenters. The fourth-order valence-corrected chi connectivity index (χ4v) is 1.18. The van der Waals surface area contributed by atoms with E-state index in [2.05, 4.69) is 19.2 Å². The fourth-order valence-electron chi connectivity index (χ4n) is 1.18. The molecular formula is C9H19NO2. The Bertz CT molecular complexity index is 126. The first kappa shape index (κ1) is 11.4. The lowest BCUT2D eigenvalue weighted by molar-refractivity contribution is -0.137. The van der Waals surface area contributed by atoms with E-state index in [4.69, 9.17) is 5.11 Å². The third-order valence-corrected chi connectivity index (χ3v) is 1.74. The molecule has 0 radical (unpaired) electrons. The van der Waals surface area contributed by atoms with E-state index in [-0.39, 0.29) is 12.5 Å². The van der Waals surface area contributed by atoms with Crippen molar-refractivity contribution in [2.45, 2.75) is 45.6 Å². The molecule has 0 aromatic heterocycles. The second kappa shape index (κ2) is 7.10. The first-order valence-electron chi connectivity index (χ1n) is 4.65. The standard InChI is InChI=1S/C9H19NO2/c1-3-5-8(7-9(11)12)10-6-4-2/h8,10H,3-7H2,1-2H3,(H,11,12). The molecular weight excluding hydrogens is 154 g/mol. The quantitative estimate of drug-likeness (QED) is 0.615. The normalized spacial score (nSPS) is 12.8. The Morgan fingerprint density at radius 2 is 2.08 bits per heavy atom. The number of aliphatic carboxylic acids is 1. The van der Waals surface area contributed by atoms with Crippen molar-refractivity contribution < 1.29 is 9.90 Å². The Morgan fingerprint density at radius 3 is 2.50 bits per heavy atom. The van der Waals surface area contributed by atoms with Crippen LogP contribution in [-0.2, 0) is 4.79 Å². The maximum atomic E-state index is 10.4. The van der Waals surface area contributed by atoms with Gasteiger partial charge in [0.1, 0.15) is 0 Å². The zero-order chi connectivity index (χ0) is 9.40. The molecule has 0 saturated carbocycles. The van der Waals surface area contributed by atoms with Gasteiger partial charge >= 0.3 is 5.97 Å². The Labute approximate surface area is 74.2 Å². The van der Waals surface area contributed by atoms with Crippen LogP contribution < -0.4 is 5.32 Å². The lowest BCUT2D eigenvalue weighted by atomic mass is 10.1. The summed E-state index contributed by atoms with van der Waals surface area (Å²) in [4.78, 5) is 10.4. The van der Waals surface area contributed by atoms with Crippen LogP contribution in [0.4, 0.5) is 0 Å². The van der Waals surface area contributed by atoms with Gasteiger partial charge in [-0.25, -0.2) is 0 Å². The fraction of sp³-hybridized carbons (Fsp3) is 0.889. The molecule has 3 nitrogen and oxygen atoms in total. The van der Waals surface area contributed by atoms with E-state index in [1.165, 1.54) is 0 Å². The van der Waals surface area contributed by atoms with E-state index >= 15 is 0 Å². The average molecular weight is 173 g/mol. The van der Waals surface area contributed by atoms with Gasteiger partial charge in [0.25, 0.3) is 0 Å². The molecule has 0 fully saturated rings. The van der Waals surface area contributed by atoms with Gasteiger partial charge in [-0.15, -0.1) is 0 Å². The molecule has 0 rings (SSSR count). The van der Waals surface area contributed by atoms with E-state index in [0.717, 1.165) is 25.8 Å². The first-order valence-corrected chi connectivity index (χ1v) is 4.65. The molecule has 0 aromatic carbocycles. The number of hydrogen-bond donors (Lipinski definition) is 2. The molecule has 12 heavy (non-hydrogen) atoms. The molecule has 72 valence electrons. The molecule has 0 heterocycles. The Hall–Kier alpha value is -0.570. The molecule has 0 aliphatic heterocycles. The molecule has 0 amide bonds. The van der Waals surface area contributed by atoms with E-state index in [1.807, 2.05) is 0 Å². The van der Waals surface area contributed by atoms with Crippen molar-refractivity contribution in [3.05, 3.63) is 0 Å². The molecule has 2 N–H and O–H groups in total. The van der Waals surface area contributed by atoms with E-state index in [1.54, 1.807) is 0 Å². The number of hydrogen-bond acceptors (Lipinski definition) is 2. The number of rotatable bonds is 7. The van der Waals surface area contributed by atoms with Crippen molar-refractivity contribution in [3.63, 3.8) is 0 Å². The lowest BCUT2D eigenvalue weighted by Gasteiger charge is -2.14. The van der Waals surface area contributed by atoms with E-state index in [9.17, 15) is 4.79 Å². The van der Waals surface area contributed by atoms with Crippen LogP contribution in [0.5, 0.6) is 0 Å². The van der Waals surface area contributed by atoms with Crippen molar-refractivity contribution in [1.82, 2.24) is 5.32 Å². The largest absolute Gasteiger partial charge is 0.481 e. The second-order valence-electron chi connectivity index (χ2n) is 3.04. The minimum absolute atomic E-state index is 0.160. The van der Waals surface area contributed by atoms with Crippen LogP contribution in [0.2, 0.25) is 0 Å². The van der Waals surface area contributed by atoms with Gasteiger partial charge in [0.15, 0.2) is 0 Å². The SMILES string of the molecule is CCCNC(CCC)CC(=O)O. The number of carbonyl (C=O) groups is 1. The molecule has 0 saturated heterocycles. The molecule has 3 heteroatoms. The summed E-state index contributed by atoms with van der Waals surface area (Å²) in [5.74, 6) is -0.711. The summed E-state index contributed by atoms with van der Waals surface area (Å²) >= 11 is 0. The van der Waals surface area contributed by atoms with Crippen molar-refractivity contribution in [1.29, 1.82) is 0 Å². The van der Waals surface area contributed by atoms with Crippen molar-refractivity contribution in [2.75, 3.05) is 6.54 Å². The van der Waals surface area contributed by atoms with Crippen LogP contribution in [-0.4, -0.2) is 23.7 Å². The van der Waals surface area contributed by atoms with Gasteiger partial charge in [0.2, 0.25) is 0 Å². The summed E-state index contributed by atoms with van der Waals surface area (Å²) in [5.41, 5.74) is 0. The molecule has 0 aliphatic rings. The zero-order valence-corrected chi connectivity index (χ0v) is 7.97. The molecule has 0 spiro atoms. The third kappa shape index (κ3) is 6.16. The van der Waals surface area contributed by atoms with Crippen LogP contribution in [0.3, 0.4) is 0 Å². The van der Waals surface area contributed by atoms with Gasteiger partial charge in [0.05, 0.1) is 6.42 Å². The van der Waals surface area contributed by atoms with Gasteiger partial charge < -0.3 is 10.4 Å². The Kier molecular flexibility index (Phi) is 6.76. The monoisotopic (exact) mass is 173 g/mol. The Morgan fingerprint density at radius 1 is 1.42 bits per heavy atom. The van der Waals surface area contributed by atoms with Gasteiger partial charge in [-0.1, -0.05) is 20.3 Å². The topological polar surface area (TPSA) is 49.3 Å². The lowest BCUT2D eigenvalue weighted by Crippen LogP contribution is -2.31. The minimum atomic E-state index is -0.711. The molecule has 0 aliphatic carbocycles. The zero-order valence-electron chi connectivity index (χ0n) is 7.97. The van der Waals surface area contributed by atoms with Crippen LogP contribution in [0.15, 0.2) is 0 Å². The third-order valence-electron chi connectivity index (χ3n) is 1.74. The van der Waals surface area contributed by atoms with Gasteiger partial charge in [-0.3, -0.25) is 4.79 Å². The van der Waals surface area contributed by atoms with Gasteiger partial charge in [0, 0.05) is 6.04 Å². The van der Waals surface area contributed by atoms with Crippen molar-refractivity contribution in [2.24, 2.45) is 0 Å².